The van der Waals surface area contributed by atoms with E-state index < -0.39 is 0 Å². The van der Waals surface area contributed by atoms with E-state index in [1.54, 1.807) is 6.26 Å². The molecule has 1 heterocycles. The van der Waals surface area contributed by atoms with Crippen LogP contribution in [0.3, 0.4) is 0 Å². The molecule has 5 heteroatoms. The molecular weight excluding hydrogens is 414 g/mol. The number of carbonyl (C=O) groups is 2. The van der Waals surface area contributed by atoms with Gasteiger partial charge in [0, 0.05) is 31.2 Å². The highest BCUT2D eigenvalue weighted by atomic mass is 16.3. The summed E-state index contributed by atoms with van der Waals surface area (Å²) in [7, 11) is 0. The Labute approximate surface area is 200 Å². The summed E-state index contributed by atoms with van der Waals surface area (Å²) in [4.78, 5) is 24.5. The minimum atomic E-state index is -0.382. The van der Waals surface area contributed by atoms with Crippen molar-refractivity contribution < 1.29 is 19.1 Å². The number of aliphatic hydroxyl groups excluding tert-OH is 1. The molecule has 4 atom stereocenters. The van der Waals surface area contributed by atoms with Crippen molar-refractivity contribution in [3.05, 3.63) is 36.3 Å². The molecule has 1 aromatic heterocycles. The molecule has 1 saturated carbocycles. The number of aliphatic hydroxyl groups is 1. The number of nitrogens with one attached hydrogen (secondary N) is 1. The molecule has 1 aliphatic rings. The molecule has 0 bridgehead atoms. The first-order valence-electron chi connectivity index (χ1n) is 13.2. The number of unbranched alkanes of at least 4 members (excludes halogenated alkanes) is 5. The molecular formula is C28H45NO4. The fourth-order valence-electron chi connectivity index (χ4n) is 4.75. The van der Waals surface area contributed by atoms with Crippen LogP contribution in [-0.2, 0) is 16.0 Å². The number of carbonyl (C=O) groups excluding carboxylic acids is 2. The van der Waals surface area contributed by atoms with Crippen LogP contribution in [0.2, 0.25) is 0 Å². The van der Waals surface area contributed by atoms with E-state index in [1.165, 1.54) is 0 Å². The zero-order valence-electron chi connectivity index (χ0n) is 20.8. The van der Waals surface area contributed by atoms with Crippen LogP contribution in [0.1, 0.15) is 103 Å². The van der Waals surface area contributed by atoms with E-state index in [4.69, 9.17) is 4.42 Å². The Morgan fingerprint density at radius 3 is 2.79 bits per heavy atom. The number of rotatable bonds is 17. The molecule has 1 amide bonds. The van der Waals surface area contributed by atoms with Gasteiger partial charge in [-0.25, -0.2) is 0 Å². The maximum atomic E-state index is 12.3. The van der Waals surface area contributed by atoms with Crippen LogP contribution >= 0.6 is 0 Å². The Morgan fingerprint density at radius 2 is 2.03 bits per heavy atom. The number of Topliss-reactive ketones (excluding diaryl/α,β-unsaturated/α-hetero) is 1. The summed E-state index contributed by atoms with van der Waals surface area (Å²) in [6, 6.07) is 3.99. The van der Waals surface area contributed by atoms with Gasteiger partial charge in [-0.3, -0.25) is 9.59 Å². The summed E-state index contributed by atoms with van der Waals surface area (Å²) < 4.78 is 5.33. The van der Waals surface area contributed by atoms with Gasteiger partial charge in [-0.15, -0.1) is 0 Å². The average molecular weight is 460 g/mol. The van der Waals surface area contributed by atoms with Crippen LogP contribution in [0.25, 0.3) is 0 Å². The Bertz CT molecular complexity index is 697. The van der Waals surface area contributed by atoms with Crippen molar-refractivity contribution >= 4 is 11.7 Å². The summed E-state index contributed by atoms with van der Waals surface area (Å²) in [5.41, 5.74) is 0. The third kappa shape index (κ3) is 11.2. The molecule has 0 radical (unpaired) electrons. The molecule has 1 aliphatic carbocycles. The maximum Gasteiger partial charge on any atom is 0.220 e. The molecule has 1 fully saturated rings. The summed E-state index contributed by atoms with van der Waals surface area (Å²) in [5.74, 6) is 1.86. The minimum Gasteiger partial charge on any atom is -0.469 e. The summed E-state index contributed by atoms with van der Waals surface area (Å²) in [6.07, 6.45) is 18.3. The lowest BCUT2D eigenvalue weighted by molar-refractivity contribution is -0.122. The molecule has 5 nitrogen and oxygen atoms in total. The van der Waals surface area contributed by atoms with Crippen molar-refractivity contribution in [2.24, 2.45) is 11.8 Å². The number of hydrogen-bond donors (Lipinski definition) is 2. The number of furan rings is 1. The van der Waals surface area contributed by atoms with Gasteiger partial charge in [-0.1, -0.05) is 57.6 Å². The second kappa shape index (κ2) is 15.9. The summed E-state index contributed by atoms with van der Waals surface area (Å²) >= 11 is 0. The number of aryl methyl sites for hydroxylation is 1. The zero-order valence-corrected chi connectivity index (χ0v) is 20.8. The van der Waals surface area contributed by atoms with Crippen LogP contribution in [0.5, 0.6) is 0 Å². The predicted molar refractivity (Wildman–Crippen MR) is 133 cm³/mol. The van der Waals surface area contributed by atoms with E-state index >= 15 is 0 Å². The van der Waals surface area contributed by atoms with Crippen LogP contribution in [0, 0.1) is 11.8 Å². The molecule has 186 valence electrons. The Morgan fingerprint density at radius 1 is 1.21 bits per heavy atom. The van der Waals surface area contributed by atoms with Gasteiger partial charge in [0.1, 0.15) is 11.5 Å². The molecule has 0 aliphatic heterocycles. The fourth-order valence-corrected chi connectivity index (χ4v) is 4.75. The van der Waals surface area contributed by atoms with Gasteiger partial charge in [-0.05, 0) is 57.1 Å². The van der Waals surface area contributed by atoms with Crippen molar-refractivity contribution in [3.8, 4) is 0 Å². The van der Waals surface area contributed by atoms with Crippen molar-refractivity contribution in [2.75, 3.05) is 0 Å². The van der Waals surface area contributed by atoms with Gasteiger partial charge in [0.25, 0.3) is 0 Å². The first-order chi connectivity index (χ1) is 16.0. The second-order valence-electron chi connectivity index (χ2n) is 9.76. The largest absolute Gasteiger partial charge is 0.469 e. The second-order valence-corrected chi connectivity index (χ2v) is 9.76. The van der Waals surface area contributed by atoms with E-state index in [0.717, 1.165) is 82.8 Å². The molecule has 2 rings (SSSR count). The number of allylic oxidation sites excluding steroid dienone is 1. The highest BCUT2D eigenvalue weighted by Gasteiger charge is 2.32. The maximum absolute atomic E-state index is 12.3. The molecule has 0 aromatic carbocycles. The number of hydrogen-bond acceptors (Lipinski definition) is 4. The third-order valence-corrected chi connectivity index (χ3v) is 6.82. The van der Waals surface area contributed by atoms with Gasteiger partial charge in [-0.2, -0.15) is 0 Å². The highest BCUT2D eigenvalue weighted by molar-refractivity contribution is 5.83. The molecule has 33 heavy (non-hydrogen) atoms. The lowest BCUT2D eigenvalue weighted by Crippen LogP contribution is -2.32. The normalized spacial score (nSPS) is 20.4. The minimum absolute atomic E-state index is 0.113. The number of ketones is 1. The lowest BCUT2D eigenvalue weighted by atomic mass is 9.89. The van der Waals surface area contributed by atoms with Crippen molar-refractivity contribution in [1.82, 2.24) is 5.32 Å². The van der Waals surface area contributed by atoms with E-state index in [2.05, 4.69) is 18.3 Å². The van der Waals surface area contributed by atoms with E-state index in [0.29, 0.717) is 18.6 Å². The first kappa shape index (κ1) is 27.4. The van der Waals surface area contributed by atoms with Crippen LogP contribution in [0.4, 0.5) is 0 Å². The van der Waals surface area contributed by atoms with E-state index in [-0.39, 0.29) is 29.9 Å². The van der Waals surface area contributed by atoms with Gasteiger partial charge < -0.3 is 14.8 Å². The van der Waals surface area contributed by atoms with Gasteiger partial charge in [0.05, 0.1) is 12.4 Å². The molecule has 0 saturated heterocycles. The number of amides is 1. The Hall–Kier alpha value is -1.88. The standard InChI is InChI=1S/C28H45NO4/c1-3-4-7-11-24(30)18-16-23-17-20-27(31)26(23)13-8-5-6-9-14-28(32)29-22(2)15-19-25-12-10-21-33-25/h10,12,16,18,21-24,26,30H,3-9,11,13-15,17,19-20H2,1-2H3,(H,29,32)/t22?,23-,24-,26+/m0/s1. The van der Waals surface area contributed by atoms with Crippen molar-refractivity contribution in [3.63, 3.8) is 0 Å². The first-order valence-corrected chi connectivity index (χ1v) is 13.2. The lowest BCUT2D eigenvalue weighted by Gasteiger charge is -2.16. The van der Waals surface area contributed by atoms with Crippen LogP contribution in [0.15, 0.2) is 35.0 Å². The molecule has 0 spiro atoms. The molecule has 1 aromatic rings. The summed E-state index contributed by atoms with van der Waals surface area (Å²) in [6.45, 7) is 4.20. The quantitative estimate of drug-likeness (QED) is 0.216. The fraction of sp³-hybridized carbons (Fsp3) is 0.714. The van der Waals surface area contributed by atoms with E-state index in [1.807, 2.05) is 25.1 Å². The molecule has 2 N–H and O–H groups in total. The van der Waals surface area contributed by atoms with Gasteiger partial charge >= 0.3 is 0 Å². The Balaban J connectivity index is 1.55. The van der Waals surface area contributed by atoms with E-state index in [9.17, 15) is 14.7 Å². The van der Waals surface area contributed by atoms with Crippen molar-refractivity contribution in [2.45, 2.75) is 116 Å². The van der Waals surface area contributed by atoms with Crippen LogP contribution in [-0.4, -0.2) is 28.9 Å². The van der Waals surface area contributed by atoms with Crippen LogP contribution < -0.4 is 5.32 Å². The zero-order chi connectivity index (χ0) is 23.9. The molecule has 1 unspecified atom stereocenters. The van der Waals surface area contributed by atoms with Gasteiger partial charge in [0.2, 0.25) is 5.91 Å². The van der Waals surface area contributed by atoms with Gasteiger partial charge in [0.15, 0.2) is 0 Å². The SMILES string of the molecule is CCCCC[C@H](O)C=C[C@H]1CCC(=O)[C@@H]1CCCCCCC(=O)NC(C)CCc1ccco1. The topological polar surface area (TPSA) is 79.5 Å². The van der Waals surface area contributed by atoms with Crippen molar-refractivity contribution in [1.29, 1.82) is 0 Å². The monoisotopic (exact) mass is 459 g/mol. The smallest absolute Gasteiger partial charge is 0.220 e. The predicted octanol–water partition coefficient (Wildman–Crippen LogP) is 6.15. The third-order valence-electron chi connectivity index (χ3n) is 6.82. The average Bonchev–Trinajstić information content (AvgIpc) is 3.43. The highest BCUT2D eigenvalue weighted by Crippen LogP contribution is 2.34. The summed E-state index contributed by atoms with van der Waals surface area (Å²) in [5, 5.41) is 13.2. The Kier molecular flexibility index (Phi) is 13.2.